The summed E-state index contributed by atoms with van der Waals surface area (Å²) in [6.45, 7) is 5.02. The highest BCUT2D eigenvalue weighted by Crippen LogP contribution is 2.29. The van der Waals surface area contributed by atoms with E-state index < -0.39 is 6.10 Å². The quantitative estimate of drug-likeness (QED) is 0.483. The van der Waals surface area contributed by atoms with Gasteiger partial charge in [0.25, 0.3) is 0 Å². The second-order valence-electron chi connectivity index (χ2n) is 5.44. The van der Waals surface area contributed by atoms with Gasteiger partial charge in [-0.15, -0.1) is 0 Å². The summed E-state index contributed by atoms with van der Waals surface area (Å²) in [5.41, 5.74) is 7.33. The molecule has 0 spiro atoms. The fraction of sp³-hybridized carbons (Fsp3) is 0.316. The zero-order chi connectivity index (χ0) is 18.9. The molecular formula is C19H24ClN3O3. The molecule has 0 fully saturated rings. The molecule has 4 N–H and O–H groups in total. The minimum atomic E-state index is -0.770. The minimum absolute atomic E-state index is 0.121. The molecule has 26 heavy (non-hydrogen) atoms. The molecule has 0 aliphatic heterocycles. The van der Waals surface area contributed by atoms with Crippen LogP contribution in [0.4, 0.5) is 5.69 Å². The van der Waals surface area contributed by atoms with Gasteiger partial charge in [-0.2, -0.15) is 0 Å². The number of hydrogen-bond donors (Lipinski definition) is 3. The van der Waals surface area contributed by atoms with E-state index in [0.717, 1.165) is 5.56 Å². The summed E-state index contributed by atoms with van der Waals surface area (Å²) < 4.78 is 11.1. The molecule has 2 rings (SSSR count). The monoisotopic (exact) mass is 377 g/mol. The summed E-state index contributed by atoms with van der Waals surface area (Å²) >= 11 is 5.85. The molecule has 0 saturated heterocycles. The highest BCUT2D eigenvalue weighted by molar-refractivity contribution is 6.30. The van der Waals surface area contributed by atoms with Crippen LogP contribution in [0.2, 0.25) is 5.02 Å². The van der Waals surface area contributed by atoms with Gasteiger partial charge in [-0.25, -0.2) is 0 Å². The van der Waals surface area contributed by atoms with Crippen molar-refractivity contribution in [1.29, 1.82) is 0 Å². The maximum Gasteiger partial charge on any atom is 0.193 e. The van der Waals surface area contributed by atoms with E-state index in [1.54, 1.807) is 30.3 Å². The minimum Gasteiger partial charge on any atom is -0.494 e. The smallest absolute Gasteiger partial charge is 0.193 e. The molecule has 140 valence electrons. The van der Waals surface area contributed by atoms with E-state index >= 15 is 0 Å². The van der Waals surface area contributed by atoms with E-state index in [1.165, 1.54) is 0 Å². The largest absolute Gasteiger partial charge is 0.494 e. The van der Waals surface area contributed by atoms with Crippen molar-refractivity contribution in [3.8, 4) is 11.5 Å². The Bertz CT molecular complexity index is 735. The Balaban J connectivity index is 2.07. The third-order valence-electron chi connectivity index (χ3n) is 3.51. The number of hydrogen-bond acceptors (Lipinski definition) is 4. The molecule has 0 aliphatic rings. The molecule has 0 amide bonds. The molecule has 0 saturated carbocycles. The molecule has 2 aromatic rings. The Morgan fingerprint density at radius 1 is 1.15 bits per heavy atom. The zero-order valence-corrected chi connectivity index (χ0v) is 15.7. The molecule has 6 nitrogen and oxygen atoms in total. The molecular weight excluding hydrogens is 354 g/mol. The first-order valence-electron chi connectivity index (χ1n) is 8.43. The second-order valence-corrected chi connectivity index (χ2v) is 5.88. The number of ether oxygens (including phenoxy) is 2. The number of benzene rings is 2. The number of halogens is 1. The van der Waals surface area contributed by atoms with Crippen molar-refractivity contribution in [2.45, 2.75) is 20.0 Å². The Morgan fingerprint density at radius 2 is 1.85 bits per heavy atom. The van der Waals surface area contributed by atoms with Gasteiger partial charge < -0.3 is 25.6 Å². The highest BCUT2D eigenvalue weighted by atomic mass is 35.5. The van der Waals surface area contributed by atoms with Crippen molar-refractivity contribution in [2.24, 2.45) is 10.7 Å². The standard InChI is InChI=1S/C19H24ClN3O3/c1-3-25-15-9-10-18(26-4-2)16(11-15)23-19(21)22-12-17(24)13-5-7-14(20)8-6-13/h5-11,17,24H,3-4,12H2,1-2H3,(H3,21,22,23). The van der Waals surface area contributed by atoms with Crippen LogP contribution in [0, 0.1) is 0 Å². The number of nitrogens with two attached hydrogens (primary N) is 1. The fourth-order valence-electron chi connectivity index (χ4n) is 2.30. The number of rotatable bonds is 8. The van der Waals surface area contributed by atoms with E-state index in [9.17, 15) is 5.11 Å². The highest BCUT2D eigenvalue weighted by Gasteiger charge is 2.09. The number of aliphatic hydroxyl groups excluding tert-OH is 1. The summed E-state index contributed by atoms with van der Waals surface area (Å²) in [6, 6.07) is 12.4. The van der Waals surface area contributed by atoms with Crippen LogP contribution < -0.4 is 20.5 Å². The molecule has 0 radical (unpaired) electrons. The molecule has 0 aliphatic carbocycles. The maximum atomic E-state index is 10.2. The summed E-state index contributed by atoms with van der Waals surface area (Å²) in [7, 11) is 0. The SMILES string of the molecule is CCOc1ccc(OCC)c(NC(N)=NCC(O)c2ccc(Cl)cc2)c1. The van der Waals surface area contributed by atoms with Crippen LogP contribution in [0.15, 0.2) is 47.5 Å². The topological polar surface area (TPSA) is 89.1 Å². The van der Waals surface area contributed by atoms with Crippen LogP contribution in [0.3, 0.4) is 0 Å². The first-order chi connectivity index (χ1) is 12.5. The van der Waals surface area contributed by atoms with Crippen LogP contribution in [0.1, 0.15) is 25.5 Å². The van der Waals surface area contributed by atoms with Gasteiger partial charge in [0.1, 0.15) is 11.5 Å². The molecule has 7 heteroatoms. The number of anilines is 1. The van der Waals surface area contributed by atoms with Crippen molar-refractivity contribution in [2.75, 3.05) is 25.1 Å². The van der Waals surface area contributed by atoms with Gasteiger partial charge in [0.2, 0.25) is 0 Å². The number of nitrogens with zero attached hydrogens (tertiary/aromatic N) is 1. The van der Waals surface area contributed by atoms with Crippen LogP contribution in [-0.4, -0.2) is 30.8 Å². The maximum absolute atomic E-state index is 10.2. The van der Waals surface area contributed by atoms with Crippen molar-refractivity contribution >= 4 is 23.2 Å². The average Bonchev–Trinajstić information content (AvgIpc) is 2.63. The molecule has 0 heterocycles. The molecule has 2 aromatic carbocycles. The fourth-order valence-corrected chi connectivity index (χ4v) is 2.42. The lowest BCUT2D eigenvalue weighted by Crippen LogP contribution is -2.24. The lowest BCUT2D eigenvalue weighted by Gasteiger charge is -2.14. The van der Waals surface area contributed by atoms with Crippen molar-refractivity contribution in [3.05, 3.63) is 53.1 Å². The van der Waals surface area contributed by atoms with Gasteiger partial charge in [0.05, 0.1) is 31.5 Å². The van der Waals surface area contributed by atoms with Crippen molar-refractivity contribution < 1.29 is 14.6 Å². The van der Waals surface area contributed by atoms with E-state index in [2.05, 4.69) is 10.3 Å². The van der Waals surface area contributed by atoms with E-state index in [-0.39, 0.29) is 12.5 Å². The number of guanidine groups is 1. The van der Waals surface area contributed by atoms with Crippen molar-refractivity contribution in [3.63, 3.8) is 0 Å². The number of aliphatic hydroxyl groups is 1. The normalized spacial score (nSPS) is 12.5. The first-order valence-corrected chi connectivity index (χ1v) is 8.81. The van der Waals surface area contributed by atoms with Crippen LogP contribution in [0.25, 0.3) is 0 Å². The van der Waals surface area contributed by atoms with E-state index in [0.29, 0.717) is 35.4 Å². The first kappa shape index (κ1) is 19.9. The lowest BCUT2D eigenvalue weighted by atomic mass is 10.1. The average molecular weight is 378 g/mol. The molecule has 0 bridgehead atoms. The van der Waals surface area contributed by atoms with Gasteiger partial charge in [0, 0.05) is 11.1 Å². The second kappa shape index (κ2) is 9.89. The van der Waals surface area contributed by atoms with Crippen LogP contribution in [-0.2, 0) is 0 Å². The number of aliphatic imine (C=N–C) groups is 1. The summed E-state index contributed by atoms with van der Waals surface area (Å²) in [6.07, 6.45) is -0.770. The third kappa shape index (κ3) is 5.82. The van der Waals surface area contributed by atoms with Gasteiger partial charge in [-0.05, 0) is 43.7 Å². The summed E-state index contributed by atoms with van der Waals surface area (Å²) in [5.74, 6) is 1.52. The van der Waals surface area contributed by atoms with Gasteiger partial charge in [-0.1, -0.05) is 23.7 Å². The van der Waals surface area contributed by atoms with Crippen LogP contribution in [0.5, 0.6) is 11.5 Å². The van der Waals surface area contributed by atoms with E-state index in [1.807, 2.05) is 26.0 Å². The predicted molar refractivity (Wildman–Crippen MR) is 105 cm³/mol. The van der Waals surface area contributed by atoms with Crippen LogP contribution >= 0.6 is 11.6 Å². The summed E-state index contributed by atoms with van der Waals surface area (Å²) in [4.78, 5) is 4.20. The van der Waals surface area contributed by atoms with Gasteiger partial charge in [0.15, 0.2) is 5.96 Å². The van der Waals surface area contributed by atoms with Gasteiger partial charge >= 0.3 is 0 Å². The lowest BCUT2D eigenvalue weighted by molar-refractivity contribution is 0.187. The number of nitrogens with one attached hydrogen (secondary N) is 1. The Hall–Kier alpha value is -2.44. The van der Waals surface area contributed by atoms with Gasteiger partial charge in [-0.3, -0.25) is 4.99 Å². The summed E-state index contributed by atoms with van der Waals surface area (Å²) in [5, 5.41) is 13.8. The third-order valence-corrected chi connectivity index (χ3v) is 3.77. The van der Waals surface area contributed by atoms with E-state index in [4.69, 9.17) is 26.8 Å². The zero-order valence-electron chi connectivity index (χ0n) is 14.9. The van der Waals surface area contributed by atoms with Crippen molar-refractivity contribution in [1.82, 2.24) is 0 Å². The Kier molecular flexibility index (Phi) is 7.56. The molecule has 0 aromatic heterocycles. The Labute approximate surface area is 158 Å². The molecule has 1 atom stereocenters. The predicted octanol–water partition coefficient (Wildman–Crippen LogP) is 3.60. The Morgan fingerprint density at radius 3 is 2.50 bits per heavy atom. The molecule has 1 unspecified atom stereocenters.